The summed E-state index contributed by atoms with van der Waals surface area (Å²) in [6.45, 7) is 0.230. The van der Waals surface area contributed by atoms with Crippen molar-refractivity contribution in [1.82, 2.24) is 20.2 Å². The van der Waals surface area contributed by atoms with Crippen molar-refractivity contribution in [2.24, 2.45) is 0 Å². The minimum Gasteiger partial charge on any atom is -0.381 e. The average Bonchev–Trinajstić information content (AvgIpc) is 2.72. The maximum absolute atomic E-state index is 15.1. The number of halogens is 4. The molecule has 4 N–H and O–H groups in total. The van der Waals surface area contributed by atoms with E-state index in [1.807, 2.05) is 0 Å². The van der Waals surface area contributed by atoms with E-state index in [1.165, 1.54) is 6.07 Å². The topological polar surface area (TPSA) is 113 Å². The molecule has 2 unspecified atom stereocenters. The second-order valence-electron chi connectivity index (χ2n) is 7.75. The standard InChI is InChI=1S/C20H20ClF3N6O2/c21-10-6-11(22)8-12(7-10)29-20(16-14(24)17(25)28-9-27-16)3-1-5-30(19(20)32)15-13(23)2-4-26-18(15)31/h6-9,13,15,29H,1-5H2,(H,26,31)(H2,25,27,28)/t13-,15?,20?/m1/s1. The minimum atomic E-state index is -1.89. The van der Waals surface area contributed by atoms with E-state index in [1.54, 1.807) is 0 Å². The van der Waals surface area contributed by atoms with Crippen LogP contribution in [0.15, 0.2) is 24.5 Å². The second-order valence-corrected chi connectivity index (χ2v) is 8.19. The predicted octanol–water partition coefficient (Wildman–Crippen LogP) is 2.15. The van der Waals surface area contributed by atoms with Crippen LogP contribution in [0, 0.1) is 11.6 Å². The number of likely N-dealkylation sites (tertiary alicyclic amines) is 1. The Hall–Kier alpha value is -3.08. The van der Waals surface area contributed by atoms with E-state index < -0.39 is 47.0 Å². The maximum atomic E-state index is 15.1. The smallest absolute Gasteiger partial charge is 0.255 e. The van der Waals surface area contributed by atoms with Crippen LogP contribution in [0.25, 0.3) is 0 Å². The summed E-state index contributed by atoms with van der Waals surface area (Å²) in [5, 5.41) is 5.45. The van der Waals surface area contributed by atoms with Crippen LogP contribution >= 0.6 is 11.6 Å². The third kappa shape index (κ3) is 3.81. The predicted molar refractivity (Wildman–Crippen MR) is 110 cm³/mol. The summed E-state index contributed by atoms with van der Waals surface area (Å²) in [6, 6.07) is 2.12. The SMILES string of the molecule is Nc1ncnc(C2(Nc3cc(F)cc(Cl)c3)CCCN(C3C(=O)NCC[C@H]3F)C2=O)c1F. The van der Waals surface area contributed by atoms with Crippen molar-refractivity contribution in [3.8, 4) is 0 Å². The molecule has 12 heteroatoms. The van der Waals surface area contributed by atoms with E-state index in [-0.39, 0.29) is 48.8 Å². The fourth-order valence-electron chi connectivity index (χ4n) is 4.28. The number of hydrogen-bond donors (Lipinski definition) is 3. The zero-order valence-corrected chi connectivity index (χ0v) is 17.5. The number of aromatic nitrogens is 2. The third-order valence-corrected chi connectivity index (χ3v) is 5.90. The number of carbonyl (C=O) groups is 2. The van der Waals surface area contributed by atoms with Gasteiger partial charge in [-0.2, -0.15) is 0 Å². The van der Waals surface area contributed by atoms with Crippen molar-refractivity contribution >= 4 is 34.9 Å². The molecule has 8 nitrogen and oxygen atoms in total. The van der Waals surface area contributed by atoms with Gasteiger partial charge in [0.25, 0.3) is 5.91 Å². The molecule has 0 saturated carbocycles. The Balaban J connectivity index is 1.84. The maximum Gasteiger partial charge on any atom is 0.255 e. The van der Waals surface area contributed by atoms with Crippen molar-refractivity contribution in [2.75, 3.05) is 24.1 Å². The molecule has 2 fully saturated rings. The lowest BCUT2D eigenvalue weighted by molar-refractivity contribution is -0.151. The molecule has 2 saturated heterocycles. The first-order valence-electron chi connectivity index (χ1n) is 9.96. The van der Waals surface area contributed by atoms with Gasteiger partial charge in [0.15, 0.2) is 17.2 Å². The van der Waals surface area contributed by atoms with Gasteiger partial charge in [-0.3, -0.25) is 9.59 Å². The summed E-state index contributed by atoms with van der Waals surface area (Å²) in [4.78, 5) is 34.8. The lowest BCUT2D eigenvalue weighted by atomic mass is 9.82. The molecule has 1 aromatic carbocycles. The molecule has 0 bridgehead atoms. The highest BCUT2D eigenvalue weighted by Gasteiger charge is 2.53. The number of benzene rings is 1. The number of nitrogen functional groups attached to an aromatic ring is 1. The zero-order chi connectivity index (χ0) is 23.0. The van der Waals surface area contributed by atoms with Crippen LogP contribution < -0.4 is 16.4 Å². The third-order valence-electron chi connectivity index (χ3n) is 5.68. The monoisotopic (exact) mass is 468 g/mol. The molecule has 3 heterocycles. The van der Waals surface area contributed by atoms with Gasteiger partial charge < -0.3 is 21.3 Å². The molecular weight excluding hydrogens is 449 g/mol. The number of hydrogen-bond acceptors (Lipinski definition) is 6. The fraction of sp³-hybridized carbons (Fsp3) is 0.400. The van der Waals surface area contributed by atoms with Crippen LogP contribution in [0.5, 0.6) is 0 Å². The second kappa shape index (κ2) is 8.45. The highest BCUT2D eigenvalue weighted by atomic mass is 35.5. The number of anilines is 2. The minimum absolute atomic E-state index is 0.0229. The molecule has 0 aliphatic carbocycles. The Kier molecular flexibility index (Phi) is 5.85. The Bertz CT molecular complexity index is 1050. The van der Waals surface area contributed by atoms with Crippen molar-refractivity contribution < 1.29 is 22.8 Å². The van der Waals surface area contributed by atoms with Crippen LogP contribution in [-0.2, 0) is 15.1 Å². The quantitative estimate of drug-likeness (QED) is 0.633. The van der Waals surface area contributed by atoms with Crippen molar-refractivity contribution in [1.29, 1.82) is 0 Å². The number of carbonyl (C=O) groups excluding carboxylic acids is 2. The molecule has 2 aliphatic heterocycles. The Labute approximate surface area is 186 Å². The van der Waals surface area contributed by atoms with Crippen LogP contribution in [-0.4, -0.2) is 52.0 Å². The van der Waals surface area contributed by atoms with Gasteiger partial charge in [0.05, 0.1) is 0 Å². The van der Waals surface area contributed by atoms with Crippen molar-refractivity contribution in [3.05, 3.63) is 46.9 Å². The molecule has 4 rings (SSSR count). The highest BCUT2D eigenvalue weighted by Crippen LogP contribution is 2.39. The summed E-state index contributed by atoms with van der Waals surface area (Å²) in [5.41, 5.74) is 3.41. The van der Waals surface area contributed by atoms with Gasteiger partial charge in [-0.1, -0.05) is 11.6 Å². The number of piperidine rings is 2. The Morgan fingerprint density at radius 2 is 2.03 bits per heavy atom. The highest BCUT2D eigenvalue weighted by molar-refractivity contribution is 6.30. The van der Waals surface area contributed by atoms with E-state index in [0.717, 1.165) is 23.4 Å². The summed E-state index contributed by atoms with van der Waals surface area (Å²) in [7, 11) is 0. The van der Waals surface area contributed by atoms with Crippen LogP contribution in [0.3, 0.4) is 0 Å². The molecular formula is C20H20ClF3N6O2. The first kappa shape index (κ1) is 22.1. The summed E-state index contributed by atoms with van der Waals surface area (Å²) in [5.74, 6) is -3.64. The first-order valence-corrected chi connectivity index (χ1v) is 10.3. The van der Waals surface area contributed by atoms with Gasteiger partial charge >= 0.3 is 0 Å². The average molecular weight is 469 g/mol. The summed E-state index contributed by atoms with van der Waals surface area (Å²) >= 11 is 5.94. The lowest BCUT2D eigenvalue weighted by Crippen LogP contribution is -2.65. The van der Waals surface area contributed by atoms with Crippen LogP contribution in [0.1, 0.15) is 25.0 Å². The van der Waals surface area contributed by atoms with E-state index in [9.17, 15) is 18.4 Å². The number of alkyl halides is 1. The van der Waals surface area contributed by atoms with Gasteiger partial charge in [-0.05, 0) is 37.5 Å². The Morgan fingerprint density at radius 3 is 2.75 bits per heavy atom. The van der Waals surface area contributed by atoms with Gasteiger partial charge in [-0.25, -0.2) is 23.1 Å². The molecule has 0 radical (unpaired) electrons. The first-order chi connectivity index (χ1) is 15.2. The van der Waals surface area contributed by atoms with Crippen LogP contribution in [0.4, 0.5) is 24.7 Å². The fourth-order valence-corrected chi connectivity index (χ4v) is 4.50. The molecule has 3 atom stereocenters. The molecule has 2 aliphatic rings. The molecule has 32 heavy (non-hydrogen) atoms. The van der Waals surface area contributed by atoms with E-state index in [2.05, 4.69) is 20.6 Å². The molecule has 0 spiro atoms. The van der Waals surface area contributed by atoms with Crippen molar-refractivity contribution in [2.45, 2.75) is 37.0 Å². The number of nitrogens with one attached hydrogen (secondary N) is 2. The van der Waals surface area contributed by atoms with Gasteiger partial charge in [0.2, 0.25) is 5.91 Å². The molecule has 170 valence electrons. The summed E-state index contributed by atoms with van der Waals surface area (Å²) in [6.07, 6.45) is -0.258. The van der Waals surface area contributed by atoms with E-state index in [0.29, 0.717) is 0 Å². The van der Waals surface area contributed by atoms with Gasteiger partial charge in [0.1, 0.15) is 30.1 Å². The van der Waals surface area contributed by atoms with Crippen LogP contribution in [0.2, 0.25) is 5.02 Å². The van der Waals surface area contributed by atoms with Gasteiger partial charge in [-0.15, -0.1) is 0 Å². The Morgan fingerprint density at radius 1 is 1.25 bits per heavy atom. The summed E-state index contributed by atoms with van der Waals surface area (Å²) < 4.78 is 43.8. The van der Waals surface area contributed by atoms with Crippen molar-refractivity contribution in [3.63, 3.8) is 0 Å². The molecule has 2 aromatic rings. The number of rotatable bonds is 4. The normalized spacial score (nSPS) is 26.1. The van der Waals surface area contributed by atoms with E-state index in [4.69, 9.17) is 17.3 Å². The van der Waals surface area contributed by atoms with E-state index >= 15 is 4.39 Å². The number of nitrogens with two attached hydrogens (primary N) is 1. The zero-order valence-electron chi connectivity index (χ0n) is 16.7. The number of nitrogens with zero attached hydrogens (tertiary/aromatic N) is 3. The number of amides is 2. The molecule has 2 amide bonds. The lowest BCUT2D eigenvalue weighted by Gasteiger charge is -2.46. The largest absolute Gasteiger partial charge is 0.381 e. The molecule has 1 aromatic heterocycles. The van der Waals surface area contributed by atoms with Gasteiger partial charge in [0, 0.05) is 23.8 Å².